The monoisotopic (exact) mass is 264 g/mol. The highest BCUT2D eigenvalue weighted by molar-refractivity contribution is 6.28. The van der Waals surface area contributed by atoms with E-state index in [1.807, 2.05) is 18.2 Å². The Hall–Kier alpha value is -1.88. The average molecular weight is 265 g/mol. The number of aromatic nitrogens is 2. The lowest BCUT2D eigenvalue weighted by atomic mass is 10.1. The van der Waals surface area contributed by atoms with Gasteiger partial charge in [0.2, 0.25) is 5.28 Å². The lowest BCUT2D eigenvalue weighted by Crippen LogP contribution is -1.99. The van der Waals surface area contributed by atoms with Crippen molar-refractivity contribution in [2.45, 2.75) is 6.42 Å². The van der Waals surface area contributed by atoms with Crippen molar-refractivity contribution >= 4 is 28.8 Å². The average Bonchev–Trinajstić information content (AvgIpc) is 2.81. The van der Waals surface area contributed by atoms with Gasteiger partial charge in [0.15, 0.2) is 11.6 Å². The fourth-order valence-electron chi connectivity index (χ4n) is 1.94. The van der Waals surface area contributed by atoms with Crippen LogP contribution in [-0.2, 0) is 6.42 Å². The lowest BCUT2D eigenvalue weighted by molar-refractivity contribution is 0.619. The number of nitrogens with one attached hydrogen (secondary N) is 2. The summed E-state index contributed by atoms with van der Waals surface area (Å²) < 4.78 is 13.5. The second-order valence-corrected chi connectivity index (χ2v) is 4.35. The van der Waals surface area contributed by atoms with Gasteiger partial charge in [-0.2, -0.15) is 4.98 Å². The standard InChI is InChI=1S/C12H10ClFN4/c13-12-16-6-9(14)11(18-12)17-8-2-1-7-3-4-15-10(7)5-8/h1-2,5-6,15H,3-4H2,(H,16,17,18). The highest BCUT2D eigenvalue weighted by Gasteiger charge is 2.11. The maximum absolute atomic E-state index is 13.5. The third kappa shape index (κ3) is 2.09. The normalized spacial score (nSPS) is 13.0. The second kappa shape index (κ2) is 4.42. The van der Waals surface area contributed by atoms with Crippen molar-refractivity contribution in [1.82, 2.24) is 9.97 Å². The fraction of sp³-hybridized carbons (Fsp3) is 0.167. The first-order valence-electron chi connectivity index (χ1n) is 5.54. The van der Waals surface area contributed by atoms with Crippen molar-refractivity contribution in [3.63, 3.8) is 0 Å². The van der Waals surface area contributed by atoms with E-state index in [0.29, 0.717) is 0 Å². The molecule has 0 radical (unpaired) electrons. The molecule has 18 heavy (non-hydrogen) atoms. The number of hydrogen-bond acceptors (Lipinski definition) is 4. The van der Waals surface area contributed by atoms with Crippen molar-refractivity contribution in [3.8, 4) is 0 Å². The van der Waals surface area contributed by atoms with Gasteiger partial charge in [-0.3, -0.25) is 0 Å². The van der Waals surface area contributed by atoms with Crippen LogP contribution in [0.3, 0.4) is 0 Å². The molecule has 0 fully saturated rings. The minimum atomic E-state index is -0.534. The van der Waals surface area contributed by atoms with E-state index >= 15 is 0 Å². The van der Waals surface area contributed by atoms with Gasteiger partial charge in [0, 0.05) is 17.9 Å². The quantitative estimate of drug-likeness (QED) is 0.819. The van der Waals surface area contributed by atoms with Gasteiger partial charge in [-0.25, -0.2) is 9.37 Å². The molecule has 0 saturated carbocycles. The summed E-state index contributed by atoms with van der Waals surface area (Å²) in [6, 6.07) is 5.83. The van der Waals surface area contributed by atoms with Crippen LogP contribution in [0.15, 0.2) is 24.4 Å². The highest BCUT2D eigenvalue weighted by atomic mass is 35.5. The number of benzene rings is 1. The molecule has 4 nitrogen and oxygen atoms in total. The summed E-state index contributed by atoms with van der Waals surface area (Å²) in [5.41, 5.74) is 3.10. The van der Waals surface area contributed by atoms with Crippen LogP contribution >= 0.6 is 11.6 Å². The van der Waals surface area contributed by atoms with Gasteiger partial charge in [-0.15, -0.1) is 0 Å². The molecule has 0 saturated heterocycles. The zero-order valence-corrected chi connectivity index (χ0v) is 10.1. The van der Waals surface area contributed by atoms with Gasteiger partial charge in [-0.05, 0) is 35.7 Å². The predicted molar refractivity (Wildman–Crippen MR) is 68.9 cm³/mol. The van der Waals surface area contributed by atoms with Crippen molar-refractivity contribution in [3.05, 3.63) is 41.1 Å². The van der Waals surface area contributed by atoms with Gasteiger partial charge >= 0.3 is 0 Å². The molecule has 0 spiro atoms. The first kappa shape index (κ1) is 11.2. The maximum Gasteiger partial charge on any atom is 0.224 e. The van der Waals surface area contributed by atoms with Gasteiger partial charge in [0.25, 0.3) is 0 Å². The maximum atomic E-state index is 13.5. The Bertz CT molecular complexity index is 603. The molecule has 3 rings (SSSR count). The molecule has 1 aromatic carbocycles. The van der Waals surface area contributed by atoms with Crippen LogP contribution in [-0.4, -0.2) is 16.5 Å². The van der Waals surface area contributed by atoms with Crippen LogP contribution in [0.4, 0.5) is 21.6 Å². The van der Waals surface area contributed by atoms with Crippen LogP contribution in [0.2, 0.25) is 5.28 Å². The topological polar surface area (TPSA) is 49.8 Å². The van der Waals surface area contributed by atoms with E-state index in [0.717, 1.165) is 30.5 Å². The first-order valence-corrected chi connectivity index (χ1v) is 5.92. The summed E-state index contributed by atoms with van der Waals surface area (Å²) in [6.07, 6.45) is 2.06. The van der Waals surface area contributed by atoms with E-state index in [2.05, 4.69) is 20.6 Å². The number of halogens is 2. The van der Waals surface area contributed by atoms with Crippen molar-refractivity contribution in [2.24, 2.45) is 0 Å². The lowest BCUT2D eigenvalue weighted by Gasteiger charge is -2.08. The molecule has 1 aliphatic heterocycles. The number of hydrogen-bond donors (Lipinski definition) is 2. The first-order chi connectivity index (χ1) is 8.72. The molecule has 92 valence electrons. The molecule has 2 heterocycles. The second-order valence-electron chi connectivity index (χ2n) is 4.01. The Morgan fingerprint density at radius 1 is 1.39 bits per heavy atom. The minimum absolute atomic E-state index is 0.0122. The van der Waals surface area contributed by atoms with Crippen molar-refractivity contribution in [2.75, 3.05) is 17.2 Å². The van der Waals surface area contributed by atoms with Crippen molar-refractivity contribution < 1.29 is 4.39 Å². The Labute approximate surface area is 108 Å². The van der Waals surface area contributed by atoms with Gasteiger partial charge in [0.1, 0.15) is 0 Å². The zero-order valence-electron chi connectivity index (χ0n) is 9.37. The summed E-state index contributed by atoms with van der Waals surface area (Å²) in [5, 5.41) is 6.16. The fourth-order valence-corrected chi connectivity index (χ4v) is 2.07. The Balaban J connectivity index is 1.90. The molecular weight excluding hydrogens is 255 g/mol. The summed E-state index contributed by atoms with van der Waals surface area (Å²) >= 11 is 5.64. The van der Waals surface area contributed by atoms with Gasteiger partial charge in [0.05, 0.1) is 6.20 Å². The summed E-state index contributed by atoms with van der Waals surface area (Å²) in [6.45, 7) is 0.937. The van der Waals surface area contributed by atoms with Crippen LogP contribution in [0.5, 0.6) is 0 Å². The van der Waals surface area contributed by atoms with E-state index in [1.54, 1.807) is 0 Å². The third-order valence-corrected chi connectivity index (χ3v) is 2.98. The van der Waals surface area contributed by atoms with Gasteiger partial charge < -0.3 is 10.6 Å². The van der Waals surface area contributed by atoms with E-state index in [9.17, 15) is 4.39 Å². The summed E-state index contributed by atoms with van der Waals surface area (Å²) in [7, 11) is 0. The van der Waals surface area contributed by atoms with E-state index < -0.39 is 5.82 Å². The Morgan fingerprint density at radius 3 is 3.17 bits per heavy atom. The molecule has 1 aromatic heterocycles. The van der Waals surface area contributed by atoms with Gasteiger partial charge in [-0.1, -0.05) is 6.07 Å². The molecule has 6 heteroatoms. The molecule has 2 N–H and O–H groups in total. The van der Waals surface area contributed by atoms with Crippen LogP contribution < -0.4 is 10.6 Å². The number of anilines is 3. The SMILES string of the molecule is Fc1cnc(Cl)nc1Nc1ccc2c(c1)NCC2. The van der Waals surface area contributed by atoms with Crippen LogP contribution in [0.1, 0.15) is 5.56 Å². The molecule has 0 amide bonds. The number of rotatable bonds is 2. The van der Waals surface area contributed by atoms with Crippen LogP contribution in [0.25, 0.3) is 0 Å². The Kier molecular flexibility index (Phi) is 2.76. The molecule has 0 unspecified atom stereocenters. The summed E-state index contributed by atoms with van der Waals surface area (Å²) in [5.74, 6) is -0.458. The predicted octanol–water partition coefficient (Wildman–Crippen LogP) is 2.98. The van der Waals surface area contributed by atoms with E-state index in [1.165, 1.54) is 5.56 Å². The largest absolute Gasteiger partial charge is 0.384 e. The molecule has 0 aliphatic carbocycles. The summed E-state index contributed by atoms with van der Waals surface area (Å²) in [4.78, 5) is 7.38. The highest BCUT2D eigenvalue weighted by Crippen LogP contribution is 2.27. The Morgan fingerprint density at radius 2 is 2.28 bits per heavy atom. The minimum Gasteiger partial charge on any atom is -0.384 e. The molecule has 0 bridgehead atoms. The van der Waals surface area contributed by atoms with E-state index in [-0.39, 0.29) is 11.1 Å². The zero-order chi connectivity index (χ0) is 12.5. The smallest absolute Gasteiger partial charge is 0.224 e. The number of fused-ring (bicyclic) bond motifs is 1. The molecule has 2 aromatic rings. The molecule has 1 aliphatic rings. The van der Waals surface area contributed by atoms with Crippen molar-refractivity contribution in [1.29, 1.82) is 0 Å². The number of nitrogens with zero attached hydrogens (tertiary/aromatic N) is 2. The van der Waals surface area contributed by atoms with Crippen LogP contribution in [0, 0.1) is 5.82 Å². The molecule has 0 atom stereocenters. The third-order valence-electron chi connectivity index (χ3n) is 2.80. The van der Waals surface area contributed by atoms with E-state index in [4.69, 9.17) is 11.6 Å². The molecular formula is C12H10ClFN4.